The molecule has 42 heavy (non-hydrogen) atoms. The second-order valence-electron chi connectivity index (χ2n) is 10.1. The maximum absolute atomic E-state index is 15.1. The van der Waals surface area contributed by atoms with E-state index in [4.69, 9.17) is 30.5 Å². The molecule has 0 aliphatic carbocycles. The first-order valence-corrected chi connectivity index (χ1v) is 13.5. The number of anilines is 2. The van der Waals surface area contributed by atoms with Gasteiger partial charge in [0.05, 0.1) is 44.8 Å². The molecule has 10 nitrogen and oxygen atoms in total. The summed E-state index contributed by atoms with van der Waals surface area (Å²) >= 11 is 6.58. The molecule has 0 saturated carbocycles. The Kier molecular flexibility index (Phi) is 5.91. The average Bonchev–Trinajstić information content (AvgIpc) is 3.67. The third-order valence-electron chi connectivity index (χ3n) is 7.99. The molecule has 0 bridgehead atoms. The van der Waals surface area contributed by atoms with Crippen LogP contribution in [0.2, 0.25) is 5.02 Å². The average molecular weight is 585 g/mol. The topological polar surface area (TPSA) is 115 Å². The standard InChI is InChI=1S/C31H25ClN4O6/c1-39-22-11-16(12-23(40-2)27(22)41-3)14-36-21-10-9-18(32)13-19(21)31(30(36)38)24-20(15-42-29(24)37)33-28-25(31)26(34-35-28)17-7-5-4-6-8-17/h4-13H,14-15H2,1-3H3,(H2,33,34,35). The highest BCUT2D eigenvalue weighted by molar-refractivity contribution is 6.31. The Morgan fingerprint density at radius 3 is 2.43 bits per heavy atom. The number of amides is 1. The number of hydrogen-bond donors (Lipinski definition) is 2. The number of H-pyrrole nitrogens is 1. The van der Waals surface area contributed by atoms with Gasteiger partial charge in [0.15, 0.2) is 17.3 Å². The van der Waals surface area contributed by atoms with Crippen molar-refractivity contribution >= 4 is 35.0 Å². The fourth-order valence-corrected chi connectivity index (χ4v) is 6.46. The van der Waals surface area contributed by atoms with Crippen molar-refractivity contribution in [3.63, 3.8) is 0 Å². The zero-order valence-electron chi connectivity index (χ0n) is 22.9. The number of nitrogens with one attached hydrogen (secondary N) is 2. The Morgan fingerprint density at radius 2 is 1.74 bits per heavy atom. The Hall–Kier alpha value is -4.96. The van der Waals surface area contributed by atoms with Crippen molar-refractivity contribution in [3.8, 4) is 28.5 Å². The molecule has 1 amide bonds. The van der Waals surface area contributed by atoms with E-state index in [0.29, 0.717) is 56.3 Å². The normalized spacial score (nSPS) is 18.4. The van der Waals surface area contributed by atoms with Gasteiger partial charge in [-0.15, -0.1) is 0 Å². The summed E-state index contributed by atoms with van der Waals surface area (Å²) < 4.78 is 22.1. The zero-order chi connectivity index (χ0) is 29.2. The molecule has 3 aliphatic heterocycles. The van der Waals surface area contributed by atoms with E-state index in [9.17, 15) is 4.79 Å². The van der Waals surface area contributed by atoms with Crippen molar-refractivity contribution in [2.24, 2.45) is 0 Å². The molecule has 212 valence electrons. The third-order valence-corrected chi connectivity index (χ3v) is 8.22. The van der Waals surface area contributed by atoms with Crippen molar-refractivity contribution in [3.05, 3.63) is 93.6 Å². The maximum Gasteiger partial charge on any atom is 0.338 e. The molecule has 1 spiro atoms. The molecule has 7 rings (SSSR count). The summed E-state index contributed by atoms with van der Waals surface area (Å²) in [6.45, 7) is 0.143. The van der Waals surface area contributed by atoms with E-state index in [1.807, 2.05) is 30.3 Å². The monoisotopic (exact) mass is 584 g/mol. The molecule has 0 saturated heterocycles. The van der Waals surface area contributed by atoms with Crippen LogP contribution >= 0.6 is 11.6 Å². The van der Waals surface area contributed by atoms with Crippen LogP contribution in [0.3, 0.4) is 0 Å². The van der Waals surface area contributed by atoms with E-state index in [0.717, 1.165) is 11.1 Å². The Balaban J connectivity index is 1.48. The predicted molar refractivity (Wildman–Crippen MR) is 155 cm³/mol. The molecule has 1 unspecified atom stereocenters. The quantitative estimate of drug-likeness (QED) is 0.310. The minimum absolute atomic E-state index is 0.00105. The van der Waals surface area contributed by atoms with Gasteiger partial charge in [-0.2, -0.15) is 5.10 Å². The number of hydrogen-bond acceptors (Lipinski definition) is 8. The van der Waals surface area contributed by atoms with Gasteiger partial charge in [0.25, 0.3) is 0 Å². The van der Waals surface area contributed by atoms with Crippen LogP contribution < -0.4 is 24.4 Å². The third kappa shape index (κ3) is 3.48. The number of benzene rings is 3. The van der Waals surface area contributed by atoms with Gasteiger partial charge in [-0.3, -0.25) is 9.89 Å². The molecule has 2 N–H and O–H groups in total. The van der Waals surface area contributed by atoms with Crippen LogP contribution in [-0.4, -0.2) is 50.0 Å². The molecule has 11 heteroatoms. The van der Waals surface area contributed by atoms with Gasteiger partial charge in [-0.1, -0.05) is 41.9 Å². The second-order valence-corrected chi connectivity index (χ2v) is 10.5. The number of ether oxygens (including phenoxy) is 4. The summed E-state index contributed by atoms with van der Waals surface area (Å²) in [6, 6.07) is 18.4. The van der Waals surface area contributed by atoms with Crippen LogP contribution in [0.25, 0.3) is 11.3 Å². The maximum atomic E-state index is 15.1. The molecule has 1 aromatic heterocycles. The van der Waals surface area contributed by atoms with Crippen molar-refractivity contribution in [1.82, 2.24) is 10.2 Å². The number of nitrogens with zero attached hydrogens (tertiary/aromatic N) is 2. The number of fused-ring (bicyclic) bond motifs is 5. The smallest absolute Gasteiger partial charge is 0.338 e. The zero-order valence-corrected chi connectivity index (χ0v) is 23.7. The molecular formula is C31H25ClN4O6. The van der Waals surface area contributed by atoms with Gasteiger partial charge in [0.1, 0.15) is 12.0 Å². The molecule has 3 aromatic carbocycles. The number of carbonyl (C=O) groups excluding carboxylic acids is 2. The number of rotatable bonds is 6. The fourth-order valence-electron chi connectivity index (χ4n) is 6.28. The molecule has 1 atom stereocenters. The van der Waals surface area contributed by atoms with Crippen LogP contribution in [0.4, 0.5) is 11.5 Å². The first-order valence-electron chi connectivity index (χ1n) is 13.1. The van der Waals surface area contributed by atoms with E-state index >= 15 is 4.79 Å². The fraction of sp³-hybridized carbons (Fsp3) is 0.194. The Bertz CT molecular complexity index is 1790. The molecule has 3 aliphatic rings. The lowest BCUT2D eigenvalue weighted by molar-refractivity contribution is -0.137. The van der Waals surface area contributed by atoms with Crippen LogP contribution in [0.5, 0.6) is 17.2 Å². The molecule has 0 radical (unpaired) electrons. The molecular weight excluding hydrogens is 560 g/mol. The summed E-state index contributed by atoms with van der Waals surface area (Å²) in [4.78, 5) is 30.2. The Labute approximate surface area is 245 Å². The second kappa shape index (κ2) is 9.56. The largest absolute Gasteiger partial charge is 0.493 e. The van der Waals surface area contributed by atoms with Gasteiger partial charge >= 0.3 is 5.97 Å². The number of aromatic amines is 1. The summed E-state index contributed by atoms with van der Waals surface area (Å²) in [7, 11) is 4.60. The van der Waals surface area contributed by atoms with Crippen LogP contribution in [0.15, 0.2) is 71.9 Å². The van der Waals surface area contributed by atoms with Gasteiger partial charge in [-0.05, 0) is 41.5 Å². The van der Waals surface area contributed by atoms with Gasteiger partial charge in [0.2, 0.25) is 11.7 Å². The van der Waals surface area contributed by atoms with Crippen molar-refractivity contribution in [2.75, 3.05) is 38.2 Å². The minimum atomic E-state index is -1.57. The van der Waals surface area contributed by atoms with E-state index < -0.39 is 11.4 Å². The molecule has 0 fully saturated rings. The van der Waals surface area contributed by atoms with Crippen molar-refractivity contribution in [1.29, 1.82) is 0 Å². The van der Waals surface area contributed by atoms with Crippen molar-refractivity contribution in [2.45, 2.75) is 12.0 Å². The lowest BCUT2D eigenvalue weighted by Crippen LogP contribution is -2.46. The number of cyclic esters (lactones) is 1. The summed E-state index contributed by atoms with van der Waals surface area (Å²) in [5, 5.41) is 11.3. The lowest BCUT2D eigenvalue weighted by atomic mass is 9.67. The summed E-state index contributed by atoms with van der Waals surface area (Å²) in [5.74, 6) is 0.898. The highest BCUT2D eigenvalue weighted by Gasteiger charge is 2.63. The van der Waals surface area contributed by atoms with Gasteiger partial charge in [-0.25, -0.2) is 4.79 Å². The predicted octanol–water partition coefficient (Wildman–Crippen LogP) is 4.83. The molecule has 4 aromatic rings. The number of halogens is 1. The van der Waals surface area contributed by atoms with Crippen molar-refractivity contribution < 1.29 is 28.5 Å². The Morgan fingerprint density at radius 1 is 1.00 bits per heavy atom. The highest BCUT2D eigenvalue weighted by atomic mass is 35.5. The highest BCUT2D eigenvalue weighted by Crippen LogP contribution is 2.59. The van der Waals surface area contributed by atoms with E-state index in [1.165, 1.54) is 21.3 Å². The van der Waals surface area contributed by atoms with Crippen LogP contribution in [0, 0.1) is 0 Å². The SMILES string of the molecule is COc1cc(CN2C(=O)C3(C4=C(COC4=O)Nc4n[nH]c(-c5ccccc5)c43)c3cc(Cl)ccc32)cc(OC)c1OC. The number of methoxy groups -OCH3 is 3. The summed E-state index contributed by atoms with van der Waals surface area (Å²) in [6.07, 6.45) is 0. The minimum Gasteiger partial charge on any atom is -0.493 e. The molecule has 4 heterocycles. The van der Waals surface area contributed by atoms with Crippen LogP contribution in [-0.2, 0) is 26.3 Å². The van der Waals surface area contributed by atoms with Gasteiger partial charge in [0, 0.05) is 21.8 Å². The first kappa shape index (κ1) is 26.0. The van der Waals surface area contributed by atoms with Crippen LogP contribution in [0.1, 0.15) is 16.7 Å². The first-order chi connectivity index (χ1) is 20.4. The number of aromatic nitrogens is 2. The van der Waals surface area contributed by atoms with E-state index in [2.05, 4.69) is 15.5 Å². The number of carbonyl (C=O) groups is 2. The summed E-state index contributed by atoms with van der Waals surface area (Å²) in [5.41, 5.74) is 3.01. The lowest BCUT2D eigenvalue weighted by Gasteiger charge is -2.33. The van der Waals surface area contributed by atoms with E-state index in [1.54, 1.807) is 35.2 Å². The van der Waals surface area contributed by atoms with Gasteiger partial charge < -0.3 is 29.2 Å². The number of esters is 1. The van der Waals surface area contributed by atoms with E-state index in [-0.39, 0.29) is 24.6 Å².